The van der Waals surface area contributed by atoms with E-state index in [0.29, 0.717) is 31.9 Å². The van der Waals surface area contributed by atoms with Gasteiger partial charge < -0.3 is 14.5 Å². The summed E-state index contributed by atoms with van der Waals surface area (Å²) in [5, 5.41) is 0. The molecule has 1 fully saturated rings. The van der Waals surface area contributed by atoms with Gasteiger partial charge in [0.05, 0.1) is 31.0 Å². The van der Waals surface area contributed by atoms with Crippen LogP contribution in [0.3, 0.4) is 0 Å². The first-order valence-electron chi connectivity index (χ1n) is 10.3. The monoisotopic (exact) mass is 402 g/mol. The highest BCUT2D eigenvalue weighted by atomic mass is 16.5. The van der Waals surface area contributed by atoms with E-state index in [1.165, 1.54) is 5.56 Å². The Morgan fingerprint density at radius 1 is 0.967 bits per heavy atom. The van der Waals surface area contributed by atoms with Crippen LogP contribution in [-0.4, -0.2) is 53.6 Å². The second-order valence-electron chi connectivity index (χ2n) is 7.29. The number of carbonyl (C=O) groups excluding carboxylic acids is 1. The van der Waals surface area contributed by atoms with Crippen molar-refractivity contribution >= 4 is 11.7 Å². The lowest BCUT2D eigenvalue weighted by atomic mass is 10.1. The Morgan fingerprint density at radius 2 is 1.77 bits per heavy atom. The van der Waals surface area contributed by atoms with E-state index in [9.17, 15) is 4.79 Å². The molecular formula is C24H26N4O2. The minimum Gasteiger partial charge on any atom is -0.378 e. The highest BCUT2D eigenvalue weighted by Crippen LogP contribution is 2.16. The van der Waals surface area contributed by atoms with Crippen molar-refractivity contribution in [3.63, 3.8) is 0 Å². The summed E-state index contributed by atoms with van der Waals surface area (Å²) >= 11 is 0. The van der Waals surface area contributed by atoms with E-state index in [1.54, 1.807) is 12.4 Å². The number of anilines is 1. The van der Waals surface area contributed by atoms with Crippen LogP contribution in [-0.2, 0) is 17.7 Å². The number of pyridine rings is 2. The Kier molecular flexibility index (Phi) is 6.67. The van der Waals surface area contributed by atoms with Crippen LogP contribution >= 0.6 is 0 Å². The van der Waals surface area contributed by atoms with Crippen molar-refractivity contribution < 1.29 is 9.53 Å². The third kappa shape index (κ3) is 5.21. The summed E-state index contributed by atoms with van der Waals surface area (Å²) in [6, 6.07) is 19.8. The molecule has 1 aliphatic rings. The molecule has 0 atom stereocenters. The molecule has 0 bridgehead atoms. The molecule has 6 nitrogen and oxygen atoms in total. The van der Waals surface area contributed by atoms with Crippen LogP contribution < -0.4 is 4.90 Å². The van der Waals surface area contributed by atoms with Gasteiger partial charge in [-0.1, -0.05) is 36.4 Å². The fourth-order valence-corrected chi connectivity index (χ4v) is 3.52. The van der Waals surface area contributed by atoms with Gasteiger partial charge in [-0.15, -0.1) is 0 Å². The molecular weight excluding hydrogens is 376 g/mol. The van der Waals surface area contributed by atoms with Gasteiger partial charge >= 0.3 is 0 Å². The highest BCUT2D eigenvalue weighted by Gasteiger charge is 2.18. The third-order valence-electron chi connectivity index (χ3n) is 5.21. The van der Waals surface area contributed by atoms with Crippen molar-refractivity contribution in [2.45, 2.75) is 13.0 Å². The molecule has 0 aliphatic carbocycles. The number of nitrogens with zero attached hydrogens (tertiary/aromatic N) is 4. The van der Waals surface area contributed by atoms with Crippen LogP contribution in [0.25, 0.3) is 0 Å². The lowest BCUT2D eigenvalue weighted by Crippen LogP contribution is -2.37. The molecule has 30 heavy (non-hydrogen) atoms. The lowest BCUT2D eigenvalue weighted by Gasteiger charge is -2.28. The van der Waals surface area contributed by atoms with Gasteiger partial charge in [0.1, 0.15) is 5.82 Å². The number of amides is 1. The van der Waals surface area contributed by atoms with Crippen molar-refractivity contribution in [3.8, 4) is 0 Å². The van der Waals surface area contributed by atoms with Gasteiger partial charge in [-0.2, -0.15) is 0 Å². The maximum Gasteiger partial charge on any atom is 0.255 e. The SMILES string of the molecule is O=C(c1ccc(N2CCOCC2)nc1)N(CCc1ccccc1)Cc1ccccn1. The van der Waals surface area contributed by atoms with Gasteiger partial charge in [0, 0.05) is 32.0 Å². The number of ether oxygens (including phenoxy) is 1. The van der Waals surface area contributed by atoms with Crippen LogP contribution in [0.5, 0.6) is 0 Å². The Hall–Kier alpha value is -3.25. The maximum atomic E-state index is 13.3. The number of morpholine rings is 1. The first-order chi connectivity index (χ1) is 14.8. The zero-order chi connectivity index (χ0) is 20.6. The Balaban J connectivity index is 1.48. The zero-order valence-electron chi connectivity index (χ0n) is 17.0. The minimum absolute atomic E-state index is 0.0300. The largest absolute Gasteiger partial charge is 0.378 e. The molecule has 0 radical (unpaired) electrons. The van der Waals surface area contributed by atoms with Gasteiger partial charge in [-0.3, -0.25) is 9.78 Å². The van der Waals surface area contributed by atoms with E-state index in [2.05, 4.69) is 27.0 Å². The molecule has 0 saturated carbocycles. The van der Waals surface area contributed by atoms with E-state index in [4.69, 9.17) is 4.74 Å². The summed E-state index contributed by atoms with van der Waals surface area (Å²) in [4.78, 5) is 26.2. The average molecular weight is 402 g/mol. The molecule has 4 rings (SSSR count). The van der Waals surface area contributed by atoms with Gasteiger partial charge in [0.15, 0.2) is 0 Å². The van der Waals surface area contributed by atoms with E-state index in [1.807, 2.05) is 53.4 Å². The second kappa shape index (κ2) is 9.98. The predicted molar refractivity (Wildman–Crippen MR) is 116 cm³/mol. The van der Waals surface area contributed by atoms with Gasteiger partial charge in [0.2, 0.25) is 0 Å². The normalized spacial score (nSPS) is 13.8. The summed E-state index contributed by atoms with van der Waals surface area (Å²) in [6.45, 7) is 4.15. The number of rotatable bonds is 7. The summed E-state index contributed by atoms with van der Waals surface area (Å²) in [6.07, 6.45) is 4.23. The van der Waals surface area contributed by atoms with Crippen LogP contribution in [0.15, 0.2) is 73.1 Å². The minimum atomic E-state index is -0.0300. The van der Waals surface area contributed by atoms with Gasteiger partial charge in [-0.05, 0) is 36.2 Å². The van der Waals surface area contributed by atoms with Gasteiger partial charge in [0.25, 0.3) is 5.91 Å². The summed E-state index contributed by atoms with van der Waals surface area (Å²) < 4.78 is 5.40. The topological polar surface area (TPSA) is 58.6 Å². The van der Waals surface area contributed by atoms with Crippen molar-refractivity contribution in [3.05, 3.63) is 89.9 Å². The van der Waals surface area contributed by atoms with Crippen LogP contribution in [0.1, 0.15) is 21.6 Å². The van der Waals surface area contributed by atoms with Crippen molar-refractivity contribution in [1.82, 2.24) is 14.9 Å². The molecule has 0 spiro atoms. The van der Waals surface area contributed by atoms with Gasteiger partial charge in [-0.25, -0.2) is 4.98 Å². The number of carbonyl (C=O) groups is 1. The summed E-state index contributed by atoms with van der Waals surface area (Å²) in [5.74, 6) is 0.855. The molecule has 1 aliphatic heterocycles. The molecule has 1 aromatic carbocycles. The van der Waals surface area contributed by atoms with E-state index in [-0.39, 0.29) is 5.91 Å². The first kappa shape index (κ1) is 20.0. The van der Waals surface area contributed by atoms with Crippen LogP contribution in [0.4, 0.5) is 5.82 Å². The molecule has 0 N–H and O–H groups in total. The average Bonchev–Trinajstić information content (AvgIpc) is 2.83. The van der Waals surface area contributed by atoms with E-state index in [0.717, 1.165) is 31.0 Å². The quantitative estimate of drug-likeness (QED) is 0.607. The molecule has 0 unspecified atom stereocenters. The number of hydrogen-bond acceptors (Lipinski definition) is 5. The molecule has 3 aromatic rings. The standard InChI is InChI=1S/C24H26N4O2/c29-24(21-9-10-23(26-18-21)27-14-16-30-17-15-27)28(19-22-8-4-5-12-25-22)13-11-20-6-2-1-3-7-20/h1-10,12,18H,11,13-17,19H2. The lowest BCUT2D eigenvalue weighted by molar-refractivity contribution is 0.0742. The third-order valence-corrected chi connectivity index (χ3v) is 5.21. The highest BCUT2D eigenvalue weighted by molar-refractivity contribution is 5.94. The van der Waals surface area contributed by atoms with Crippen molar-refractivity contribution in [2.75, 3.05) is 37.7 Å². The second-order valence-corrected chi connectivity index (χ2v) is 7.29. The maximum absolute atomic E-state index is 13.3. The van der Waals surface area contributed by atoms with Crippen molar-refractivity contribution in [1.29, 1.82) is 0 Å². The molecule has 1 amide bonds. The molecule has 3 heterocycles. The smallest absolute Gasteiger partial charge is 0.255 e. The van der Waals surface area contributed by atoms with E-state index < -0.39 is 0 Å². The zero-order valence-corrected chi connectivity index (χ0v) is 17.0. The fraction of sp³-hybridized carbons (Fsp3) is 0.292. The Bertz CT molecular complexity index is 926. The fourth-order valence-electron chi connectivity index (χ4n) is 3.52. The number of benzene rings is 1. The number of aromatic nitrogens is 2. The summed E-state index contributed by atoms with van der Waals surface area (Å²) in [7, 11) is 0. The van der Waals surface area contributed by atoms with Crippen molar-refractivity contribution in [2.24, 2.45) is 0 Å². The molecule has 154 valence electrons. The summed E-state index contributed by atoms with van der Waals surface area (Å²) in [5.41, 5.74) is 2.67. The molecule has 2 aromatic heterocycles. The van der Waals surface area contributed by atoms with E-state index >= 15 is 0 Å². The molecule has 6 heteroatoms. The predicted octanol–water partition coefficient (Wildman–Crippen LogP) is 3.20. The van der Waals surface area contributed by atoms with Crippen LogP contribution in [0, 0.1) is 0 Å². The van der Waals surface area contributed by atoms with Crippen LogP contribution in [0.2, 0.25) is 0 Å². The first-order valence-corrected chi connectivity index (χ1v) is 10.3. The molecule has 1 saturated heterocycles. The Labute approximate surface area is 177 Å². The number of hydrogen-bond donors (Lipinski definition) is 0. The Morgan fingerprint density at radius 3 is 2.47 bits per heavy atom.